The van der Waals surface area contributed by atoms with Gasteiger partial charge in [-0.3, -0.25) is 4.18 Å². The molecule has 0 amide bonds. The van der Waals surface area contributed by atoms with Gasteiger partial charge in [-0.1, -0.05) is 19.3 Å². The van der Waals surface area contributed by atoms with Crippen LogP contribution in [0.15, 0.2) is 0 Å². The van der Waals surface area contributed by atoms with E-state index in [0.717, 1.165) is 25.7 Å². The summed E-state index contributed by atoms with van der Waals surface area (Å²) in [6.45, 7) is 0. The van der Waals surface area contributed by atoms with Crippen molar-refractivity contribution < 1.29 is 40.2 Å². The van der Waals surface area contributed by atoms with Crippen LogP contribution >= 0.6 is 0 Å². The van der Waals surface area contributed by atoms with Gasteiger partial charge in [0.05, 0.1) is 17.5 Å². The van der Waals surface area contributed by atoms with Crippen molar-refractivity contribution in [2.24, 2.45) is 0 Å². The van der Waals surface area contributed by atoms with E-state index in [1.807, 2.05) is 0 Å². The van der Waals surface area contributed by atoms with E-state index in [4.69, 9.17) is 0 Å². The Kier molecular flexibility index (Phi) is 7.09. The molecule has 1 rings (SSSR count). The molecule has 11 heavy (non-hydrogen) atoms. The fraction of sp³-hybridized carbons (Fsp3) is 1.00. The van der Waals surface area contributed by atoms with E-state index in [1.54, 1.807) is 0 Å². The maximum atomic E-state index is 10.0. The number of hydrogen-bond acceptors (Lipinski definition) is 3. The van der Waals surface area contributed by atoms with Crippen LogP contribution in [-0.4, -0.2) is 14.9 Å². The molecule has 0 N–H and O–H groups in total. The summed E-state index contributed by atoms with van der Waals surface area (Å²) in [7, 11) is 0. The summed E-state index contributed by atoms with van der Waals surface area (Å²) < 4.78 is 24.7. The predicted octanol–water partition coefficient (Wildman–Crippen LogP) is 1.13. The van der Waals surface area contributed by atoms with Crippen molar-refractivity contribution in [2.45, 2.75) is 38.2 Å². The van der Waals surface area contributed by atoms with E-state index >= 15 is 0 Å². The van der Waals surface area contributed by atoms with Gasteiger partial charge in [-0.05, 0) is 12.8 Å². The van der Waals surface area contributed by atoms with Crippen molar-refractivity contribution in [3.05, 3.63) is 0 Å². The second kappa shape index (κ2) is 6.50. The van der Waals surface area contributed by atoms with Crippen LogP contribution in [0, 0.1) is 0 Å². The molecule has 0 aliphatic heterocycles. The topological polar surface area (TPSA) is 49.4 Å². The van der Waals surface area contributed by atoms with Crippen LogP contribution in [0.1, 0.15) is 32.1 Å². The molecule has 5 heteroatoms. The summed E-state index contributed by atoms with van der Waals surface area (Å²) in [5.74, 6) is 0. The molecule has 1 fully saturated rings. The van der Waals surface area contributed by atoms with Crippen molar-refractivity contribution in [3.63, 3.8) is 0 Å². The van der Waals surface area contributed by atoms with Crippen molar-refractivity contribution in [3.8, 4) is 0 Å². The van der Waals surface area contributed by atoms with Crippen LogP contribution in [-0.2, 0) is 42.8 Å². The summed E-state index contributed by atoms with van der Waals surface area (Å²) in [4.78, 5) is 0. The van der Waals surface area contributed by atoms with Gasteiger partial charge in [-0.25, -0.2) is 4.21 Å². The predicted molar refractivity (Wildman–Crippen MR) is 36.9 cm³/mol. The normalized spacial score (nSPS) is 22.3. The van der Waals surface area contributed by atoms with E-state index in [2.05, 4.69) is 4.18 Å². The zero-order chi connectivity index (χ0) is 7.40. The molecule has 1 aliphatic rings. The smallest absolute Gasteiger partial charge is 0.0844 e. The van der Waals surface area contributed by atoms with Crippen LogP contribution in [0.5, 0.6) is 0 Å². The van der Waals surface area contributed by atoms with E-state index < -0.39 is 11.4 Å². The van der Waals surface area contributed by atoms with E-state index in [9.17, 15) is 8.76 Å². The SMILES string of the molecule is O=S([O-])OC1CCCCC1.[Cd]. The molecule has 0 aromatic rings. The first-order chi connectivity index (χ1) is 4.79. The molecule has 3 nitrogen and oxygen atoms in total. The number of rotatable bonds is 2. The second-order valence-electron chi connectivity index (χ2n) is 2.56. The summed E-state index contributed by atoms with van der Waals surface area (Å²) in [6, 6.07) is 0. The van der Waals surface area contributed by atoms with E-state index in [0.29, 0.717) is 0 Å². The average molecular weight is 276 g/mol. The molecule has 1 unspecified atom stereocenters. The number of hydrogen-bond donors (Lipinski definition) is 0. The molecule has 1 atom stereocenters. The van der Waals surface area contributed by atoms with Crippen molar-refractivity contribution in [1.82, 2.24) is 0 Å². The molecule has 0 bridgehead atoms. The van der Waals surface area contributed by atoms with E-state index in [1.165, 1.54) is 6.42 Å². The van der Waals surface area contributed by atoms with Gasteiger partial charge in [-0.2, -0.15) is 0 Å². The monoisotopic (exact) mass is 277 g/mol. The molecule has 0 aromatic carbocycles. The van der Waals surface area contributed by atoms with Gasteiger partial charge in [0.25, 0.3) is 0 Å². The van der Waals surface area contributed by atoms with E-state index in [-0.39, 0.29) is 33.4 Å². The zero-order valence-corrected chi connectivity index (χ0v) is 11.3. The molecule has 1 saturated carbocycles. The third kappa shape index (κ3) is 5.27. The second-order valence-corrected chi connectivity index (χ2v) is 3.16. The van der Waals surface area contributed by atoms with Gasteiger partial charge >= 0.3 is 0 Å². The zero-order valence-electron chi connectivity index (χ0n) is 6.45. The fourth-order valence-electron chi connectivity index (χ4n) is 1.27. The first-order valence-electron chi connectivity index (χ1n) is 3.55. The molecular weight excluding hydrogens is 265 g/mol. The Labute approximate surface area is 89.5 Å². The Balaban J connectivity index is 0.000001000. The van der Waals surface area contributed by atoms with Gasteiger partial charge in [0.15, 0.2) is 0 Å². The minimum absolute atomic E-state index is 0. The van der Waals surface area contributed by atoms with Crippen LogP contribution in [0.25, 0.3) is 0 Å². The molecule has 0 spiro atoms. The fourth-order valence-corrected chi connectivity index (χ4v) is 1.69. The Morgan fingerprint density at radius 2 is 1.82 bits per heavy atom. The maximum Gasteiger partial charge on any atom is 0.0844 e. The molecule has 1 aliphatic carbocycles. The standard InChI is InChI=1S/C6H12O3S.Cd/c7-10(8)9-6-4-2-1-3-5-6;/h6H,1-5H2,(H,7,8);/p-1. The largest absolute Gasteiger partial charge is 0.750 e. The molecule has 0 heterocycles. The van der Waals surface area contributed by atoms with Crippen molar-refractivity contribution in [1.29, 1.82) is 0 Å². The van der Waals surface area contributed by atoms with Gasteiger partial charge in [0, 0.05) is 27.3 Å². The van der Waals surface area contributed by atoms with Crippen LogP contribution in [0.2, 0.25) is 0 Å². The Morgan fingerprint density at radius 3 is 2.27 bits per heavy atom. The summed E-state index contributed by atoms with van der Waals surface area (Å²) >= 11 is -2.31. The first-order valence-corrected chi connectivity index (χ1v) is 4.55. The average Bonchev–Trinajstić information content (AvgIpc) is 1.88. The quantitative estimate of drug-likeness (QED) is 0.561. The third-order valence-corrected chi connectivity index (χ3v) is 2.20. The molecular formula is C6H11CdO3S-. The van der Waals surface area contributed by atoms with Gasteiger partial charge in [0.2, 0.25) is 0 Å². The molecule has 0 saturated heterocycles. The van der Waals surface area contributed by atoms with Crippen LogP contribution in [0.3, 0.4) is 0 Å². The Hall–Kier alpha value is 0.992. The maximum absolute atomic E-state index is 10.0. The minimum atomic E-state index is -2.31. The Morgan fingerprint density at radius 1 is 1.27 bits per heavy atom. The third-order valence-electron chi connectivity index (χ3n) is 1.77. The van der Waals surface area contributed by atoms with Crippen molar-refractivity contribution >= 4 is 11.4 Å². The molecule has 0 aromatic heterocycles. The minimum Gasteiger partial charge on any atom is -0.750 e. The molecule has 62 valence electrons. The van der Waals surface area contributed by atoms with Crippen LogP contribution < -0.4 is 0 Å². The first kappa shape index (κ1) is 12.0. The van der Waals surface area contributed by atoms with Gasteiger partial charge < -0.3 is 4.55 Å². The summed E-state index contributed by atoms with van der Waals surface area (Å²) in [5, 5.41) is 0. The van der Waals surface area contributed by atoms with Crippen molar-refractivity contribution in [2.75, 3.05) is 0 Å². The van der Waals surface area contributed by atoms with Gasteiger partial charge in [-0.15, -0.1) is 0 Å². The Bertz CT molecular complexity index is 125. The summed E-state index contributed by atoms with van der Waals surface area (Å²) in [5.41, 5.74) is 0. The van der Waals surface area contributed by atoms with Crippen LogP contribution in [0.4, 0.5) is 0 Å². The molecule has 0 radical (unpaired) electrons. The van der Waals surface area contributed by atoms with Gasteiger partial charge in [0.1, 0.15) is 0 Å². The summed E-state index contributed by atoms with van der Waals surface area (Å²) in [6.07, 6.45) is 5.17.